The number of amides is 1. The molecular formula is C74H147N2O6P. The number of quaternary nitrogens is 1. The topological polar surface area (TPSA) is 108 Å². The predicted octanol–water partition coefficient (Wildman–Crippen LogP) is 23.2. The van der Waals surface area contributed by atoms with Crippen LogP contribution < -0.4 is 10.2 Å². The maximum Gasteiger partial charge on any atom is 0.268 e. The number of likely N-dealkylation sites (N-methyl/N-ethyl adjacent to an activating group) is 1. The van der Waals surface area contributed by atoms with Gasteiger partial charge < -0.3 is 28.8 Å². The number of phosphoric acid groups is 1. The van der Waals surface area contributed by atoms with Crippen molar-refractivity contribution in [3.05, 3.63) is 24.3 Å². The third kappa shape index (κ3) is 68.3. The van der Waals surface area contributed by atoms with E-state index in [-0.39, 0.29) is 19.1 Å². The summed E-state index contributed by atoms with van der Waals surface area (Å²) in [7, 11) is 1.28. The summed E-state index contributed by atoms with van der Waals surface area (Å²) in [5.41, 5.74) is 0. The number of phosphoric ester groups is 1. The molecule has 0 saturated heterocycles. The lowest BCUT2D eigenvalue weighted by molar-refractivity contribution is -0.870. The number of unbranched alkanes of at least 4 members (excludes halogenated alkanes) is 55. The SMILES string of the molecule is CCCCCCCCCC/C=C\CCCCCCCCCCCCCCCCCCCCCCCCCC(=O)NC(COP(=O)([O-])OCC[N+](C)(C)C)C(O)/C=C/CCCCCCCCCCCCCCCCCCCCCCCCCC. The Morgan fingerprint density at radius 3 is 0.940 bits per heavy atom. The van der Waals surface area contributed by atoms with Crippen LogP contribution in [0.4, 0.5) is 0 Å². The van der Waals surface area contributed by atoms with E-state index >= 15 is 0 Å². The van der Waals surface area contributed by atoms with Gasteiger partial charge in [-0.3, -0.25) is 9.36 Å². The Balaban J connectivity index is 3.97. The van der Waals surface area contributed by atoms with E-state index < -0.39 is 20.0 Å². The van der Waals surface area contributed by atoms with Crippen LogP contribution in [0.25, 0.3) is 0 Å². The predicted molar refractivity (Wildman–Crippen MR) is 362 cm³/mol. The molecule has 494 valence electrons. The molecule has 0 aliphatic rings. The normalized spacial score (nSPS) is 13.7. The van der Waals surface area contributed by atoms with Crippen LogP contribution in [0.5, 0.6) is 0 Å². The van der Waals surface area contributed by atoms with Crippen molar-refractivity contribution in [2.45, 2.75) is 405 Å². The second-order valence-electron chi connectivity index (χ2n) is 27.0. The summed E-state index contributed by atoms with van der Waals surface area (Å²) in [4.78, 5) is 25.7. The zero-order chi connectivity index (χ0) is 60.5. The van der Waals surface area contributed by atoms with Gasteiger partial charge in [0.05, 0.1) is 39.9 Å². The molecule has 2 N–H and O–H groups in total. The Morgan fingerprint density at radius 1 is 0.410 bits per heavy atom. The number of nitrogens with zero attached hydrogens (tertiary/aromatic N) is 1. The molecule has 0 aliphatic carbocycles. The molecule has 0 rings (SSSR count). The Hall–Kier alpha value is -1.02. The minimum atomic E-state index is -4.60. The molecule has 3 unspecified atom stereocenters. The summed E-state index contributed by atoms with van der Waals surface area (Å²) < 4.78 is 23.5. The lowest BCUT2D eigenvalue weighted by atomic mass is 10.0. The first-order valence-electron chi connectivity index (χ1n) is 37.2. The van der Waals surface area contributed by atoms with Crippen molar-refractivity contribution in [3.8, 4) is 0 Å². The van der Waals surface area contributed by atoms with Gasteiger partial charge in [0.2, 0.25) is 5.91 Å². The van der Waals surface area contributed by atoms with Gasteiger partial charge in [-0.25, -0.2) is 0 Å². The zero-order valence-electron chi connectivity index (χ0n) is 56.7. The Kier molecular flexibility index (Phi) is 64.6. The molecule has 0 aromatic carbocycles. The molecular weight excluding hydrogens is 1040 g/mol. The lowest BCUT2D eigenvalue weighted by Gasteiger charge is -2.29. The molecule has 0 spiro atoms. The number of allylic oxidation sites excluding steroid dienone is 3. The van der Waals surface area contributed by atoms with E-state index in [2.05, 4.69) is 31.3 Å². The maximum absolute atomic E-state index is 13.1. The van der Waals surface area contributed by atoms with Crippen molar-refractivity contribution in [2.24, 2.45) is 0 Å². The highest BCUT2D eigenvalue weighted by atomic mass is 31.2. The average molecular weight is 1190 g/mol. The molecule has 3 atom stereocenters. The summed E-state index contributed by atoms with van der Waals surface area (Å²) >= 11 is 0. The highest BCUT2D eigenvalue weighted by molar-refractivity contribution is 7.45. The van der Waals surface area contributed by atoms with E-state index in [1.54, 1.807) is 6.08 Å². The van der Waals surface area contributed by atoms with E-state index in [0.29, 0.717) is 17.4 Å². The van der Waals surface area contributed by atoms with Gasteiger partial charge in [0.1, 0.15) is 13.2 Å². The number of rotatable bonds is 70. The lowest BCUT2D eigenvalue weighted by Crippen LogP contribution is -2.45. The Bertz CT molecular complexity index is 1400. The van der Waals surface area contributed by atoms with Gasteiger partial charge in [-0.1, -0.05) is 366 Å². The molecule has 0 saturated carbocycles. The van der Waals surface area contributed by atoms with E-state index in [4.69, 9.17) is 9.05 Å². The monoisotopic (exact) mass is 1190 g/mol. The summed E-state index contributed by atoms with van der Waals surface area (Å²) in [6.07, 6.45) is 86.1. The molecule has 0 bridgehead atoms. The van der Waals surface area contributed by atoms with Crippen LogP contribution in [0.1, 0.15) is 393 Å². The molecule has 0 fully saturated rings. The van der Waals surface area contributed by atoms with Gasteiger partial charge in [0.15, 0.2) is 0 Å². The first-order valence-corrected chi connectivity index (χ1v) is 38.7. The van der Waals surface area contributed by atoms with Crippen LogP contribution in [0.2, 0.25) is 0 Å². The minimum Gasteiger partial charge on any atom is -0.756 e. The quantitative estimate of drug-likeness (QED) is 0.0272. The molecule has 0 aliphatic heterocycles. The van der Waals surface area contributed by atoms with Gasteiger partial charge >= 0.3 is 0 Å². The van der Waals surface area contributed by atoms with Crippen molar-refractivity contribution in [3.63, 3.8) is 0 Å². The third-order valence-corrected chi connectivity index (χ3v) is 18.4. The number of aliphatic hydroxyl groups is 1. The van der Waals surface area contributed by atoms with E-state index in [9.17, 15) is 19.4 Å². The summed E-state index contributed by atoms with van der Waals surface area (Å²) in [6, 6.07) is -0.885. The highest BCUT2D eigenvalue weighted by Crippen LogP contribution is 2.38. The molecule has 1 amide bonds. The van der Waals surface area contributed by atoms with Crippen molar-refractivity contribution in [1.29, 1.82) is 0 Å². The van der Waals surface area contributed by atoms with Crippen LogP contribution in [0.15, 0.2) is 24.3 Å². The van der Waals surface area contributed by atoms with E-state index in [1.807, 2.05) is 27.2 Å². The fraction of sp³-hybridized carbons (Fsp3) is 0.932. The third-order valence-electron chi connectivity index (χ3n) is 17.4. The number of carbonyl (C=O) groups excluding carboxylic acids is 1. The van der Waals surface area contributed by atoms with Crippen molar-refractivity contribution in [2.75, 3.05) is 40.9 Å². The number of hydrogen-bond acceptors (Lipinski definition) is 6. The first kappa shape index (κ1) is 82.0. The van der Waals surface area contributed by atoms with Gasteiger partial charge in [-0.05, 0) is 44.9 Å². The smallest absolute Gasteiger partial charge is 0.268 e. The van der Waals surface area contributed by atoms with Crippen LogP contribution in [0.3, 0.4) is 0 Å². The van der Waals surface area contributed by atoms with Gasteiger partial charge in [-0.15, -0.1) is 0 Å². The maximum atomic E-state index is 13.1. The van der Waals surface area contributed by atoms with Crippen molar-refractivity contribution in [1.82, 2.24) is 5.32 Å². The summed E-state index contributed by atoms with van der Waals surface area (Å²) in [5.74, 6) is -0.188. The van der Waals surface area contributed by atoms with Crippen molar-refractivity contribution < 1.29 is 32.9 Å². The largest absolute Gasteiger partial charge is 0.756 e. The molecule has 0 aromatic heterocycles. The van der Waals surface area contributed by atoms with Gasteiger partial charge in [0.25, 0.3) is 7.82 Å². The average Bonchev–Trinajstić information content (AvgIpc) is 3.49. The standard InChI is InChI=1S/C74H147N2O6P/c1-6-8-10-12-14-16-18-20-22-24-26-28-30-32-34-35-36-37-38-39-40-41-42-44-46-48-50-52-54-56-58-60-62-64-66-68-74(78)75-72(71-82-83(79,80)81-70-69-76(3,4)5)73(77)67-65-63-61-59-57-55-53-51-49-47-45-43-33-31-29-27-25-23-21-19-17-15-13-11-9-7-2/h24,26,65,67,72-73,77H,6-23,25,27-64,66,68-71H2,1-5H3,(H-,75,78,79,80)/b26-24-,67-65+. The summed E-state index contributed by atoms with van der Waals surface area (Å²) in [6.45, 7) is 4.72. The number of hydrogen-bond donors (Lipinski definition) is 2. The highest BCUT2D eigenvalue weighted by Gasteiger charge is 2.23. The zero-order valence-corrected chi connectivity index (χ0v) is 57.6. The van der Waals surface area contributed by atoms with Gasteiger partial charge in [0, 0.05) is 6.42 Å². The van der Waals surface area contributed by atoms with Crippen molar-refractivity contribution >= 4 is 13.7 Å². The number of aliphatic hydroxyl groups excluding tert-OH is 1. The molecule has 0 radical (unpaired) electrons. The second-order valence-corrected chi connectivity index (χ2v) is 28.4. The fourth-order valence-electron chi connectivity index (χ4n) is 11.6. The van der Waals surface area contributed by atoms with Crippen LogP contribution in [0, 0.1) is 0 Å². The van der Waals surface area contributed by atoms with Gasteiger partial charge in [-0.2, -0.15) is 0 Å². The molecule has 83 heavy (non-hydrogen) atoms. The van der Waals surface area contributed by atoms with E-state index in [1.165, 1.54) is 334 Å². The van der Waals surface area contributed by atoms with E-state index in [0.717, 1.165) is 38.5 Å². The minimum absolute atomic E-state index is 0.00223. The molecule has 9 heteroatoms. The van der Waals surface area contributed by atoms with Crippen LogP contribution in [-0.4, -0.2) is 68.5 Å². The molecule has 8 nitrogen and oxygen atoms in total. The molecule has 0 aromatic rings. The van der Waals surface area contributed by atoms with Crippen LogP contribution >= 0.6 is 7.82 Å². The Morgan fingerprint density at radius 2 is 0.663 bits per heavy atom. The summed E-state index contributed by atoms with van der Waals surface area (Å²) in [5, 5.41) is 14.0. The fourth-order valence-corrected chi connectivity index (χ4v) is 12.3. The second kappa shape index (κ2) is 65.4. The number of nitrogens with one attached hydrogen (secondary N) is 1. The van der Waals surface area contributed by atoms with Crippen LogP contribution in [-0.2, 0) is 18.4 Å². The Labute approximate surface area is 519 Å². The number of carbonyl (C=O) groups is 1. The molecule has 0 heterocycles. The first-order chi connectivity index (χ1) is 40.5.